The SMILES string of the molecule is Cc1ccc2c(c1)CN(C(=O)CCCc1ccc(Cl)cc1)C[C@H](C)O2. The van der Waals surface area contributed by atoms with E-state index in [2.05, 4.69) is 19.1 Å². The zero-order valence-electron chi connectivity index (χ0n) is 14.8. The Hall–Kier alpha value is -2.00. The normalized spacial score (nSPS) is 16.8. The largest absolute Gasteiger partial charge is 0.489 e. The van der Waals surface area contributed by atoms with E-state index < -0.39 is 0 Å². The molecule has 0 bridgehead atoms. The third-order valence-corrected chi connectivity index (χ3v) is 4.76. The van der Waals surface area contributed by atoms with Gasteiger partial charge in [0.25, 0.3) is 0 Å². The monoisotopic (exact) mass is 357 g/mol. The fraction of sp³-hybridized carbons (Fsp3) is 0.381. The van der Waals surface area contributed by atoms with Crippen molar-refractivity contribution in [2.75, 3.05) is 6.54 Å². The molecule has 0 N–H and O–H groups in total. The number of nitrogens with zero attached hydrogens (tertiary/aromatic N) is 1. The van der Waals surface area contributed by atoms with Crippen LogP contribution in [0.4, 0.5) is 0 Å². The van der Waals surface area contributed by atoms with E-state index in [4.69, 9.17) is 16.3 Å². The highest BCUT2D eigenvalue weighted by molar-refractivity contribution is 6.30. The Bertz CT molecular complexity index is 742. The Labute approximate surface area is 154 Å². The van der Waals surface area contributed by atoms with Gasteiger partial charge in [-0.1, -0.05) is 41.4 Å². The summed E-state index contributed by atoms with van der Waals surface area (Å²) in [5.74, 6) is 1.09. The van der Waals surface area contributed by atoms with Crippen molar-refractivity contribution in [2.45, 2.75) is 45.8 Å². The first-order chi connectivity index (χ1) is 12.0. The van der Waals surface area contributed by atoms with Crippen molar-refractivity contribution in [2.24, 2.45) is 0 Å². The third-order valence-electron chi connectivity index (χ3n) is 4.50. The molecular formula is C21H24ClNO2. The average Bonchev–Trinajstić information content (AvgIpc) is 2.74. The molecule has 3 rings (SSSR count). The van der Waals surface area contributed by atoms with E-state index in [0.717, 1.165) is 29.2 Å². The number of carbonyl (C=O) groups is 1. The van der Waals surface area contributed by atoms with E-state index in [1.165, 1.54) is 11.1 Å². The van der Waals surface area contributed by atoms with Crippen LogP contribution in [0.2, 0.25) is 5.02 Å². The van der Waals surface area contributed by atoms with Crippen LogP contribution in [0.3, 0.4) is 0 Å². The Morgan fingerprint density at radius 2 is 2.00 bits per heavy atom. The maximum Gasteiger partial charge on any atom is 0.223 e. The first-order valence-corrected chi connectivity index (χ1v) is 9.17. The highest BCUT2D eigenvalue weighted by atomic mass is 35.5. The number of hydrogen-bond acceptors (Lipinski definition) is 2. The molecule has 2 aromatic rings. The summed E-state index contributed by atoms with van der Waals surface area (Å²) in [6.45, 7) is 5.34. The quantitative estimate of drug-likeness (QED) is 0.788. The van der Waals surface area contributed by atoms with Gasteiger partial charge in [0.05, 0.1) is 6.54 Å². The minimum absolute atomic E-state index is 0.00386. The molecule has 0 fully saturated rings. The zero-order valence-corrected chi connectivity index (χ0v) is 15.6. The van der Waals surface area contributed by atoms with Crippen LogP contribution in [-0.4, -0.2) is 23.5 Å². The van der Waals surface area contributed by atoms with Crippen LogP contribution < -0.4 is 4.74 Å². The lowest BCUT2D eigenvalue weighted by atomic mass is 10.1. The van der Waals surface area contributed by atoms with Gasteiger partial charge in [-0.15, -0.1) is 0 Å². The van der Waals surface area contributed by atoms with E-state index in [9.17, 15) is 4.79 Å². The molecular weight excluding hydrogens is 334 g/mol. The summed E-state index contributed by atoms with van der Waals surface area (Å²) in [6, 6.07) is 14.0. The third kappa shape index (κ3) is 4.76. The summed E-state index contributed by atoms with van der Waals surface area (Å²) >= 11 is 5.91. The fourth-order valence-electron chi connectivity index (χ4n) is 3.22. The second-order valence-electron chi connectivity index (χ2n) is 6.79. The van der Waals surface area contributed by atoms with Gasteiger partial charge >= 0.3 is 0 Å². The molecule has 0 saturated carbocycles. The number of ether oxygens (including phenoxy) is 1. The number of hydrogen-bond donors (Lipinski definition) is 0. The van der Waals surface area contributed by atoms with Crippen molar-refractivity contribution in [1.82, 2.24) is 4.90 Å². The molecule has 2 aromatic carbocycles. The molecule has 0 radical (unpaired) electrons. The average molecular weight is 358 g/mol. The van der Waals surface area contributed by atoms with Gasteiger partial charge in [0, 0.05) is 23.6 Å². The molecule has 0 spiro atoms. The van der Waals surface area contributed by atoms with Gasteiger partial charge in [-0.2, -0.15) is 0 Å². The van der Waals surface area contributed by atoms with Gasteiger partial charge in [-0.25, -0.2) is 0 Å². The van der Waals surface area contributed by atoms with Crippen molar-refractivity contribution in [3.8, 4) is 5.75 Å². The molecule has 132 valence electrons. The Morgan fingerprint density at radius 3 is 2.76 bits per heavy atom. The number of benzene rings is 2. The maximum atomic E-state index is 12.7. The van der Waals surface area contributed by atoms with Crippen molar-refractivity contribution < 1.29 is 9.53 Å². The lowest BCUT2D eigenvalue weighted by molar-refractivity contribution is -0.132. The summed E-state index contributed by atoms with van der Waals surface area (Å²) in [4.78, 5) is 14.6. The van der Waals surface area contributed by atoms with E-state index in [1.807, 2.05) is 42.2 Å². The summed E-state index contributed by atoms with van der Waals surface area (Å²) in [7, 11) is 0. The maximum absolute atomic E-state index is 12.7. The van der Waals surface area contributed by atoms with Gasteiger partial charge in [-0.3, -0.25) is 4.79 Å². The first kappa shape index (κ1) is 17.8. The van der Waals surface area contributed by atoms with Crippen molar-refractivity contribution in [3.05, 3.63) is 64.2 Å². The van der Waals surface area contributed by atoms with Crippen LogP contribution in [-0.2, 0) is 17.8 Å². The standard InChI is InChI=1S/C21H24ClNO2/c1-15-6-11-20-18(12-15)14-23(13-16(2)25-20)21(24)5-3-4-17-7-9-19(22)10-8-17/h6-12,16H,3-5,13-14H2,1-2H3/t16-/m0/s1. The van der Waals surface area contributed by atoms with Crippen molar-refractivity contribution in [3.63, 3.8) is 0 Å². The summed E-state index contributed by atoms with van der Waals surface area (Å²) in [6.07, 6.45) is 2.28. The van der Waals surface area contributed by atoms with Gasteiger partial charge < -0.3 is 9.64 Å². The van der Waals surface area contributed by atoms with Gasteiger partial charge in [0.15, 0.2) is 0 Å². The van der Waals surface area contributed by atoms with Crippen LogP contribution >= 0.6 is 11.6 Å². The second-order valence-corrected chi connectivity index (χ2v) is 7.23. The van der Waals surface area contributed by atoms with E-state index in [-0.39, 0.29) is 12.0 Å². The van der Waals surface area contributed by atoms with Crippen LogP contribution in [0.5, 0.6) is 5.75 Å². The number of carbonyl (C=O) groups excluding carboxylic acids is 1. The number of rotatable bonds is 4. The summed E-state index contributed by atoms with van der Waals surface area (Å²) in [5, 5.41) is 0.743. The molecule has 25 heavy (non-hydrogen) atoms. The van der Waals surface area contributed by atoms with Gasteiger partial charge in [-0.05, 0) is 50.5 Å². The second kappa shape index (κ2) is 7.92. The molecule has 0 aliphatic carbocycles. The van der Waals surface area contributed by atoms with Crippen molar-refractivity contribution >= 4 is 17.5 Å². The van der Waals surface area contributed by atoms with Gasteiger partial charge in [0.2, 0.25) is 5.91 Å². The molecule has 4 heteroatoms. The molecule has 1 aliphatic heterocycles. The lowest BCUT2D eigenvalue weighted by Crippen LogP contribution is -2.35. The number of amides is 1. The van der Waals surface area contributed by atoms with Crippen molar-refractivity contribution in [1.29, 1.82) is 0 Å². The molecule has 0 saturated heterocycles. The summed E-state index contributed by atoms with van der Waals surface area (Å²) < 4.78 is 5.97. The zero-order chi connectivity index (χ0) is 17.8. The summed E-state index contributed by atoms with van der Waals surface area (Å²) in [5.41, 5.74) is 3.49. The van der Waals surface area contributed by atoms with Crippen LogP contribution in [0.1, 0.15) is 36.5 Å². The van der Waals surface area contributed by atoms with E-state index in [1.54, 1.807) is 0 Å². The fourth-order valence-corrected chi connectivity index (χ4v) is 3.35. The lowest BCUT2D eigenvalue weighted by Gasteiger charge is -2.22. The molecule has 3 nitrogen and oxygen atoms in total. The molecule has 1 heterocycles. The predicted octanol–water partition coefficient (Wildman–Crippen LogP) is 4.78. The van der Waals surface area contributed by atoms with Crippen LogP contribution in [0.15, 0.2) is 42.5 Å². The number of aryl methyl sites for hydroxylation is 2. The highest BCUT2D eigenvalue weighted by Crippen LogP contribution is 2.26. The minimum Gasteiger partial charge on any atom is -0.489 e. The predicted molar refractivity (Wildman–Crippen MR) is 101 cm³/mol. The van der Waals surface area contributed by atoms with E-state index in [0.29, 0.717) is 19.5 Å². The number of halogens is 1. The topological polar surface area (TPSA) is 29.5 Å². The Kier molecular flexibility index (Phi) is 5.64. The first-order valence-electron chi connectivity index (χ1n) is 8.79. The van der Waals surface area contributed by atoms with E-state index >= 15 is 0 Å². The molecule has 0 unspecified atom stereocenters. The van der Waals surface area contributed by atoms with Crippen LogP contribution in [0, 0.1) is 6.92 Å². The molecule has 1 aliphatic rings. The smallest absolute Gasteiger partial charge is 0.223 e. The molecule has 0 aromatic heterocycles. The molecule has 1 atom stereocenters. The highest BCUT2D eigenvalue weighted by Gasteiger charge is 2.23. The van der Waals surface area contributed by atoms with Crippen LogP contribution in [0.25, 0.3) is 0 Å². The minimum atomic E-state index is 0.00386. The number of fused-ring (bicyclic) bond motifs is 1. The Morgan fingerprint density at radius 1 is 1.24 bits per heavy atom. The van der Waals surface area contributed by atoms with Gasteiger partial charge in [0.1, 0.15) is 11.9 Å². The Balaban J connectivity index is 1.60. The molecule has 1 amide bonds.